The molecule has 0 aliphatic heterocycles. The van der Waals surface area contributed by atoms with Gasteiger partial charge >= 0.3 is 0 Å². The third kappa shape index (κ3) is 4.10. The van der Waals surface area contributed by atoms with Gasteiger partial charge in [0.25, 0.3) is 0 Å². The van der Waals surface area contributed by atoms with Crippen LogP contribution in [0.2, 0.25) is 0 Å². The highest BCUT2D eigenvalue weighted by Gasteiger charge is 2.13. The standard InChI is InChI=1S/C15H14BrF2NO/c16-11-3-1-10(2-4-11)8-19-9-15(20)13-7-12(17)5-6-14(13)18/h1-7,15,19-20H,8-9H2. The second kappa shape index (κ2) is 6.92. The van der Waals surface area contributed by atoms with E-state index in [1.165, 1.54) is 0 Å². The summed E-state index contributed by atoms with van der Waals surface area (Å²) in [5.41, 5.74) is 1.01. The molecule has 1 atom stereocenters. The van der Waals surface area contributed by atoms with Crippen molar-refractivity contribution in [3.63, 3.8) is 0 Å². The zero-order chi connectivity index (χ0) is 14.5. The summed E-state index contributed by atoms with van der Waals surface area (Å²) in [6, 6.07) is 10.8. The lowest BCUT2D eigenvalue weighted by atomic mass is 10.1. The van der Waals surface area contributed by atoms with Crippen molar-refractivity contribution >= 4 is 15.9 Å². The Bertz CT molecular complexity index is 575. The van der Waals surface area contributed by atoms with Crippen molar-refractivity contribution in [3.8, 4) is 0 Å². The van der Waals surface area contributed by atoms with Crippen LogP contribution in [0.1, 0.15) is 17.2 Å². The molecule has 1 unspecified atom stereocenters. The molecule has 0 bridgehead atoms. The Kier molecular flexibility index (Phi) is 5.23. The average Bonchev–Trinajstić information content (AvgIpc) is 2.43. The zero-order valence-electron chi connectivity index (χ0n) is 10.6. The molecule has 0 spiro atoms. The molecule has 0 fully saturated rings. The van der Waals surface area contributed by atoms with E-state index in [-0.39, 0.29) is 12.1 Å². The number of nitrogens with one attached hydrogen (secondary N) is 1. The van der Waals surface area contributed by atoms with E-state index in [9.17, 15) is 13.9 Å². The number of benzene rings is 2. The predicted molar refractivity (Wildman–Crippen MR) is 77.2 cm³/mol. The molecule has 2 N–H and O–H groups in total. The zero-order valence-corrected chi connectivity index (χ0v) is 12.2. The van der Waals surface area contributed by atoms with Crippen LogP contribution >= 0.6 is 15.9 Å². The molecule has 0 aliphatic carbocycles. The lowest BCUT2D eigenvalue weighted by Gasteiger charge is -2.13. The van der Waals surface area contributed by atoms with Crippen LogP contribution in [-0.4, -0.2) is 11.7 Å². The predicted octanol–water partition coefficient (Wildman–Crippen LogP) is 3.55. The highest BCUT2D eigenvalue weighted by Crippen LogP contribution is 2.18. The highest BCUT2D eigenvalue weighted by atomic mass is 79.9. The monoisotopic (exact) mass is 341 g/mol. The molecule has 0 aliphatic rings. The summed E-state index contributed by atoms with van der Waals surface area (Å²) in [6.07, 6.45) is -1.08. The van der Waals surface area contributed by atoms with Crippen molar-refractivity contribution in [1.82, 2.24) is 5.32 Å². The summed E-state index contributed by atoms with van der Waals surface area (Å²) in [4.78, 5) is 0. The van der Waals surface area contributed by atoms with E-state index in [4.69, 9.17) is 0 Å². The SMILES string of the molecule is OC(CNCc1ccc(Br)cc1)c1cc(F)ccc1F. The van der Waals surface area contributed by atoms with E-state index < -0.39 is 17.7 Å². The van der Waals surface area contributed by atoms with Crippen LogP contribution in [0.5, 0.6) is 0 Å². The Morgan fingerprint density at radius 2 is 1.80 bits per heavy atom. The Balaban J connectivity index is 1.90. The first-order valence-electron chi connectivity index (χ1n) is 6.14. The molecular weight excluding hydrogens is 328 g/mol. The quantitative estimate of drug-likeness (QED) is 0.871. The van der Waals surface area contributed by atoms with E-state index in [1.54, 1.807) is 0 Å². The van der Waals surface area contributed by atoms with Crippen LogP contribution in [0.25, 0.3) is 0 Å². The number of hydrogen-bond donors (Lipinski definition) is 2. The van der Waals surface area contributed by atoms with E-state index in [2.05, 4.69) is 21.2 Å². The van der Waals surface area contributed by atoms with Gasteiger partial charge in [0.15, 0.2) is 0 Å². The van der Waals surface area contributed by atoms with Crippen LogP contribution in [0, 0.1) is 11.6 Å². The van der Waals surface area contributed by atoms with Crippen molar-refractivity contribution < 1.29 is 13.9 Å². The first kappa shape index (κ1) is 15.1. The van der Waals surface area contributed by atoms with Gasteiger partial charge in [-0.1, -0.05) is 28.1 Å². The third-order valence-corrected chi connectivity index (χ3v) is 3.43. The molecule has 0 saturated heterocycles. The van der Waals surface area contributed by atoms with Crippen LogP contribution in [0.3, 0.4) is 0 Å². The van der Waals surface area contributed by atoms with Gasteiger partial charge in [-0.25, -0.2) is 8.78 Å². The summed E-state index contributed by atoms with van der Waals surface area (Å²) in [5.74, 6) is -1.17. The van der Waals surface area contributed by atoms with Crippen molar-refractivity contribution in [3.05, 3.63) is 69.7 Å². The average molecular weight is 342 g/mol. The van der Waals surface area contributed by atoms with Gasteiger partial charge in [0.1, 0.15) is 11.6 Å². The smallest absolute Gasteiger partial charge is 0.129 e. The fourth-order valence-electron chi connectivity index (χ4n) is 1.84. The minimum atomic E-state index is -1.08. The van der Waals surface area contributed by atoms with Gasteiger partial charge in [0.05, 0.1) is 6.10 Å². The molecule has 2 aromatic carbocycles. The fraction of sp³-hybridized carbons (Fsp3) is 0.200. The van der Waals surface area contributed by atoms with Crippen LogP contribution in [-0.2, 0) is 6.54 Å². The molecule has 0 heterocycles. The Labute approximate surface area is 124 Å². The highest BCUT2D eigenvalue weighted by molar-refractivity contribution is 9.10. The molecule has 106 valence electrons. The number of hydrogen-bond acceptors (Lipinski definition) is 2. The molecular formula is C15H14BrF2NO. The largest absolute Gasteiger partial charge is 0.387 e. The molecule has 2 rings (SSSR count). The van der Waals surface area contributed by atoms with Gasteiger partial charge in [-0.15, -0.1) is 0 Å². The summed E-state index contributed by atoms with van der Waals surface area (Å²) in [6.45, 7) is 0.692. The van der Waals surface area contributed by atoms with Gasteiger partial charge in [0, 0.05) is 23.1 Å². The number of rotatable bonds is 5. The molecule has 2 nitrogen and oxygen atoms in total. The second-order valence-corrected chi connectivity index (χ2v) is 5.35. The van der Waals surface area contributed by atoms with Crippen molar-refractivity contribution in [2.45, 2.75) is 12.6 Å². The minimum Gasteiger partial charge on any atom is -0.387 e. The summed E-state index contributed by atoms with van der Waals surface area (Å²) in [7, 11) is 0. The number of halogens is 3. The second-order valence-electron chi connectivity index (χ2n) is 4.44. The van der Waals surface area contributed by atoms with Crippen LogP contribution < -0.4 is 5.32 Å². The summed E-state index contributed by atoms with van der Waals surface area (Å²) >= 11 is 3.34. The van der Waals surface area contributed by atoms with Gasteiger partial charge < -0.3 is 10.4 Å². The first-order valence-corrected chi connectivity index (χ1v) is 6.94. The Morgan fingerprint density at radius 1 is 1.10 bits per heavy atom. The molecule has 0 radical (unpaired) electrons. The topological polar surface area (TPSA) is 32.3 Å². The van der Waals surface area contributed by atoms with E-state index in [1.807, 2.05) is 24.3 Å². The molecule has 2 aromatic rings. The van der Waals surface area contributed by atoms with Gasteiger partial charge in [0.2, 0.25) is 0 Å². The molecule has 20 heavy (non-hydrogen) atoms. The summed E-state index contributed by atoms with van der Waals surface area (Å²) < 4.78 is 27.5. The van der Waals surface area contributed by atoms with E-state index >= 15 is 0 Å². The normalized spacial score (nSPS) is 12.4. The molecule has 0 saturated carbocycles. The number of aliphatic hydroxyl groups excluding tert-OH is 1. The van der Waals surface area contributed by atoms with Gasteiger partial charge in [-0.05, 0) is 35.9 Å². The fourth-order valence-corrected chi connectivity index (χ4v) is 2.10. The lowest BCUT2D eigenvalue weighted by molar-refractivity contribution is 0.169. The van der Waals surface area contributed by atoms with E-state index in [0.29, 0.717) is 6.54 Å². The van der Waals surface area contributed by atoms with Crippen molar-refractivity contribution in [2.24, 2.45) is 0 Å². The van der Waals surface area contributed by atoms with Crippen LogP contribution in [0.15, 0.2) is 46.9 Å². The van der Waals surface area contributed by atoms with Gasteiger partial charge in [-0.3, -0.25) is 0 Å². The maximum Gasteiger partial charge on any atom is 0.129 e. The third-order valence-electron chi connectivity index (χ3n) is 2.90. The minimum absolute atomic E-state index is 0.0340. The molecule has 5 heteroatoms. The Morgan fingerprint density at radius 3 is 2.50 bits per heavy atom. The first-order chi connectivity index (χ1) is 9.56. The maximum absolute atomic E-state index is 13.5. The lowest BCUT2D eigenvalue weighted by Crippen LogP contribution is -2.21. The van der Waals surface area contributed by atoms with Crippen molar-refractivity contribution in [1.29, 1.82) is 0 Å². The Hall–Kier alpha value is -1.30. The molecule has 0 aromatic heterocycles. The summed E-state index contributed by atoms with van der Waals surface area (Å²) in [5, 5.41) is 12.9. The maximum atomic E-state index is 13.5. The molecule has 0 amide bonds. The van der Waals surface area contributed by atoms with Crippen LogP contribution in [0.4, 0.5) is 8.78 Å². The van der Waals surface area contributed by atoms with Gasteiger partial charge in [-0.2, -0.15) is 0 Å². The van der Waals surface area contributed by atoms with E-state index in [0.717, 1.165) is 28.2 Å². The number of aliphatic hydroxyl groups is 1. The van der Waals surface area contributed by atoms with Crippen molar-refractivity contribution in [2.75, 3.05) is 6.54 Å².